The number of thiocarbonyl (C=S) groups is 1. The lowest BCUT2D eigenvalue weighted by Gasteiger charge is -2.52. The first-order chi connectivity index (χ1) is 13.0. The lowest BCUT2D eigenvalue weighted by Crippen LogP contribution is -2.63. The third-order valence-electron chi connectivity index (χ3n) is 6.63. The Labute approximate surface area is 168 Å². The molecular formula is C21H31N5S. The fourth-order valence-corrected chi connectivity index (χ4v) is 5.27. The molecule has 5 nitrogen and oxygen atoms in total. The number of fused-ring (bicyclic) bond motifs is 1. The van der Waals surface area contributed by atoms with Crippen molar-refractivity contribution in [3.05, 3.63) is 35.9 Å². The van der Waals surface area contributed by atoms with Crippen molar-refractivity contribution in [2.24, 2.45) is 22.4 Å². The van der Waals surface area contributed by atoms with Gasteiger partial charge in [0.25, 0.3) is 0 Å². The standard InChI is InChI=1S/C21H31N5S/c1-15(2)21-13-25-9-10-26(14-21)12-18(11-25)19(21)23-24-20(27)22-16(3)17-7-5-4-6-8-17/h4-8,15-16,18H,9-14H2,1-3H3,(H2,22,24,27)/b23-19+/t16-,18?,21?/m0/s1. The zero-order chi connectivity index (χ0) is 19.0. The van der Waals surface area contributed by atoms with Crippen molar-refractivity contribution in [2.45, 2.75) is 26.8 Å². The van der Waals surface area contributed by atoms with Gasteiger partial charge in [-0.1, -0.05) is 44.2 Å². The molecule has 6 heteroatoms. The maximum absolute atomic E-state index is 5.54. The first-order valence-corrected chi connectivity index (χ1v) is 10.5. The van der Waals surface area contributed by atoms with Crippen LogP contribution in [0.5, 0.6) is 0 Å². The highest BCUT2D eigenvalue weighted by Crippen LogP contribution is 2.43. The van der Waals surface area contributed by atoms with E-state index in [2.05, 4.69) is 65.6 Å². The Kier molecular flexibility index (Phi) is 5.23. The topological polar surface area (TPSA) is 42.9 Å². The predicted octanol–water partition coefficient (Wildman–Crippen LogP) is 2.47. The van der Waals surface area contributed by atoms with E-state index in [1.165, 1.54) is 24.4 Å². The van der Waals surface area contributed by atoms with E-state index in [1.807, 2.05) is 6.07 Å². The van der Waals surface area contributed by atoms with E-state index < -0.39 is 0 Å². The molecule has 1 aromatic carbocycles. The summed E-state index contributed by atoms with van der Waals surface area (Å²) in [5, 5.41) is 8.88. The molecule has 0 spiro atoms. The van der Waals surface area contributed by atoms with Gasteiger partial charge in [0.05, 0.1) is 11.8 Å². The van der Waals surface area contributed by atoms with Crippen LogP contribution in [0.3, 0.4) is 0 Å². The number of hydrazone groups is 1. The molecule has 2 unspecified atom stereocenters. The van der Waals surface area contributed by atoms with Crippen molar-refractivity contribution < 1.29 is 0 Å². The molecule has 4 aliphatic heterocycles. The van der Waals surface area contributed by atoms with Gasteiger partial charge in [-0.2, -0.15) is 5.10 Å². The average molecular weight is 386 g/mol. The van der Waals surface area contributed by atoms with E-state index in [-0.39, 0.29) is 11.5 Å². The molecular weight excluding hydrogens is 354 g/mol. The molecule has 0 aromatic heterocycles. The molecule has 0 radical (unpaired) electrons. The number of piperidine rings is 2. The van der Waals surface area contributed by atoms with Crippen molar-refractivity contribution in [1.29, 1.82) is 0 Å². The Morgan fingerprint density at radius 2 is 1.74 bits per heavy atom. The molecule has 0 amide bonds. The molecule has 4 bridgehead atoms. The Hall–Kier alpha value is -1.50. The van der Waals surface area contributed by atoms with Gasteiger partial charge in [-0.15, -0.1) is 0 Å². The highest BCUT2D eigenvalue weighted by Gasteiger charge is 2.53. The highest BCUT2D eigenvalue weighted by molar-refractivity contribution is 7.80. The molecule has 0 aliphatic carbocycles. The fraction of sp³-hybridized carbons (Fsp3) is 0.619. The van der Waals surface area contributed by atoms with Crippen LogP contribution in [0, 0.1) is 17.3 Å². The summed E-state index contributed by atoms with van der Waals surface area (Å²) in [6, 6.07) is 10.5. The van der Waals surface area contributed by atoms with Crippen molar-refractivity contribution in [3.8, 4) is 0 Å². The van der Waals surface area contributed by atoms with Crippen LogP contribution in [0.15, 0.2) is 35.4 Å². The quantitative estimate of drug-likeness (QED) is 0.616. The summed E-state index contributed by atoms with van der Waals surface area (Å²) >= 11 is 5.54. The zero-order valence-electron chi connectivity index (χ0n) is 16.6. The summed E-state index contributed by atoms with van der Waals surface area (Å²) < 4.78 is 0. The minimum Gasteiger partial charge on any atom is -0.355 e. The zero-order valence-corrected chi connectivity index (χ0v) is 17.4. The first-order valence-electron chi connectivity index (χ1n) is 10.1. The Morgan fingerprint density at radius 1 is 1.11 bits per heavy atom. The van der Waals surface area contributed by atoms with E-state index in [0.29, 0.717) is 16.9 Å². The fourth-order valence-electron chi connectivity index (χ4n) is 5.05. The molecule has 1 aromatic rings. The predicted molar refractivity (Wildman–Crippen MR) is 115 cm³/mol. The van der Waals surface area contributed by atoms with E-state index in [4.69, 9.17) is 17.3 Å². The minimum absolute atomic E-state index is 0.144. The highest BCUT2D eigenvalue weighted by atomic mass is 32.1. The maximum Gasteiger partial charge on any atom is 0.187 e. The molecule has 5 rings (SSSR count). The Balaban J connectivity index is 1.48. The van der Waals surface area contributed by atoms with Gasteiger partial charge in [-0.25, -0.2) is 0 Å². The third kappa shape index (κ3) is 3.62. The summed E-state index contributed by atoms with van der Waals surface area (Å²) in [6.45, 7) is 13.7. The van der Waals surface area contributed by atoms with Gasteiger partial charge in [0, 0.05) is 50.6 Å². The van der Waals surface area contributed by atoms with E-state index >= 15 is 0 Å². The van der Waals surface area contributed by atoms with E-state index in [0.717, 1.165) is 26.2 Å². The lowest BCUT2D eigenvalue weighted by molar-refractivity contribution is 0.0828. The molecule has 3 atom stereocenters. The normalized spacial score (nSPS) is 34.5. The van der Waals surface area contributed by atoms with Gasteiger partial charge in [-0.3, -0.25) is 5.43 Å². The number of rotatable bonds is 4. The SMILES string of the molecule is CC(C)C12CN3CCN(CC(C3)/C1=N\NC(=S)N[C@@H](C)c1ccccc1)C2. The van der Waals surface area contributed by atoms with Crippen LogP contribution in [-0.2, 0) is 0 Å². The number of hydrogen-bond acceptors (Lipinski definition) is 4. The van der Waals surface area contributed by atoms with Gasteiger partial charge in [0.15, 0.2) is 5.11 Å². The van der Waals surface area contributed by atoms with Crippen LogP contribution in [0.1, 0.15) is 32.4 Å². The molecule has 4 saturated heterocycles. The van der Waals surface area contributed by atoms with Crippen LogP contribution in [0.4, 0.5) is 0 Å². The maximum atomic E-state index is 5.54. The van der Waals surface area contributed by atoms with Gasteiger partial charge >= 0.3 is 0 Å². The van der Waals surface area contributed by atoms with E-state index in [9.17, 15) is 0 Å². The molecule has 2 N–H and O–H groups in total. The van der Waals surface area contributed by atoms with E-state index in [1.54, 1.807) is 0 Å². The van der Waals surface area contributed by atoms with Gasteiger partial charge in [-0.05, 0) is 30.6 Å². The van der Waals surface area contributed by atoms with Crippen LogP contribution in [0.2, 0.25) is 0 Å². The van der Waals surface area contributed by atoms with Gasteiger partial charge < -0.3 is 15.1 Å². The van der Waals surface area contributed by atoms with Crippen LogP contribution < -0.4 is 10.7 Å². The second kappa shape index (κ2) is 7.49. The monoisotopic (exact) mass is 385 g/mol. The molecule has 4 aliphatic rings. The Bertz CT molecular complexity index is 701. The largest absolute Gasteiger partial charge is 0.355 e. The summed E-state index contributed by atoms with van der Waals surface area (Å²) in [4.78, 5) is 5.29. The Morgan fingerprint density at radius 3 is 2.33 bits per heavy atom. The average Bonchev–Trinajstić information content (AvgIpc) is 2.90. The molecule has 4 fully saturated rings. The summed E-state index contributed by atoms with van der Waals surface area (Å²) in [6.07, 6.45) is 0. The molecule has 4 heterocycles. The van der Waals surface area contributed by atoms with Crippen LogP contribution in [0.25, 0.3) is 0 Å². The molecule has 146 valence electrons. The lowest BCUT2D eigenvalue weighted by atomic mass is 9.64. The van der Waals surface area contributed by atoms with Crippen LogP contribution >= 0.6 is 12.2 Å². The second-order valence-corrected chi connectivity index (χ2v) is 9.10. The smallest absolute Gasteiger partial charge is 0.187 e. The summed E-state index contributed by atoms with van der Waals surface area (Å²) in [7, 11) is 0. The second-order valence-electron chi connectivity index (χ2n) is 8.69. The third-order valence-corrected chi connectivity index (χ3v) is 6.84. The van der Waals surface area contributed by atoms with Gasteiger partial charge in [0.2, 0.25) is 0 Å². The van der Waals surface area contributed by atoms with Crippen LogP contribution in [-0.4, -0.2) is 59.9 Å². The first kappa shape index (κ1) is 18.8. The van der Waals surface area contributed by atoms with Gasteiger partial charge in [0.1, 0.15) is 0 Å². The van der Waals surface area contributed by atoms with Crippen molar-refractivity contribution >= 4 is 23.0 Å². The number of nitrogens with zero attached hydrogens (tertiary/aromatic N) is 3. The summed E-state index contributed by atoms with van der Waals surface area (Å²) in [5.74, 6) is 1.08. The van der Waals surface area contributed by atoms with Crippen molar-refractivity contribution in [3.63, 3.8) is 0 Å². The summed E-state index contributed by atoms with van der Waals surface area (Å²) in [5.41, 5.74) is 5.89. The van der Waals surface area contributed by atoms with Crippen molar-refractivity contribution in [2.75, 3.05) is 39.3 Å². The number of benzene rings is 1. The molecule has 27 heavy (non-hydrogen) atoms. The molecule has 0 saturated carbocycles. The number of hydrogen-bond donors (Lipinski definition) is 2. The minimum atomic E-state index is 0.144. The number of nitrogens with one attached hydrogen (secondary N) is 2. The van der Waals surface area contributed by atoms with Crippen molar-refractivity contribution in [1.82, 2.24) is 20.5 Å².